The quantitative estimate of drug-likeness (QED) is 0.554. The van der Waals surface area contributed by atoms with Crippen LogP contribution in [0.25, 0.3) is 0 Å². The number of alkyl halides is 2. The van der Waals surface area contributed by atoms with Crippen LogP contribution in [0.2, 0.25) is 0 Å². The summed E-state index contributed by atoms with van der Waals surface area (Å²) in [4.78, 5) is 27.6. The number of hydrogen-bond acceptors (Lipinski definition) is 4. The number of carbonyl (C=O) groups excluding carboxylic acids is 2. The molecular formula is C16H25Cl2N3O3. The lowest BCUT2D eigenvalue weighted by atomic mass is 9.91. The number of nitrogens with zero attached hydrogens (tertiary/aromatic N) is 2. The Hall–Kier alpha value is -0.820. The summed E-state index contributed by atoms with van der Waals surface area (Å²) in [6.45, 7) is 7.05. The first-order chi connectivity index (χ1) is 11.3. The molecule has 1 aliphatic heterocycles. The maximum atomic E-state index is 12.4. The number of aliphatic hydroxyl groups excluding tert-OH is 1. The van der Waals surface area contributed by atoms with Crippen molar-refractivity contribution < 1.29 is 14.7 Å². The van der Waals surface area contributed by atoms with Crippen molar-refractivity contribution in [2.75, 3.05) is 26.2 Å². The van der Waals surface area contributed by atoms with Crippen LogP contribution in [-0.2, 0) is 9.59 Å². The second-order valence-electron chi connectivity index (χ2n) is 6.48. The summed E-state index contributed by atoms with van der Waals surface area (Å²) in [6, 6.07) is -0.273. The minimum absolute atomic E-state index is 0.0427. The molecule has 0 aromatic rings. The lowest BCUT2D eigenvalue weighted by Crippen LogP contribution is -2.57. The summed E-state index contributed by atoms with van der Waals surface area (Å²) < 4.78 is 0. The van der Waals surface area contributed by atoms with Crippen LogP contribution < -0.4 is 5.32 Å². The van der Waals surface area contributed by atoms with Gasteiger partial charge in [-0.1, -0.05) is 6.58 Å². The van der Waals surface area contributed by atoms with Gasteiger partial charge in [0.25, 0.3) is 0 Å². The highest BCUT2D eigenvalue weighted by Crippen LogP contribution is 2.28. The van der Waals surface area contributed by atoms with E-state index in [4.69, 9.17) is 23.2 Å². The van der Waals surface area contributed by atoms with Crippen molar-refractivity contribution in [3.8, 4) is 0 Å². The highest BCUT2D eigenvalue weighted by molar-refractivity contribution is 6.30. The molecule has 24 heavy (non-hydrogen) atoms. The Morgan fingerprint density at radius 2 is 1.96 bits per heavy atom. The molecule has 136 valence electrons. The molecule has 1 aliphatic carbocycles. The molecule has 5 atom stereocenters. The van der Waals surface area contributed by atoms with Crippen LogP contribution in [0.15, 0.2) is 12.7 Å². The Kier molecular flexibility index (Phi) is 6.92. The molecule has 2 fully saturated rings. The molecule has 2 amide bonds. The predicted octanol–water partition coefficient (Wildman–Crippen LogP) is 0.559. The van der Waals surface area contributed by atoms with Crippen molar-refractivity contribution in [3.63, 3.8) is 0 Å². The fourth-order valence-corrected chi connectivity index (χ4v) is 3.85. The third-order valence-electron chi connectivity index (χ3n) is 4.76. The van der Waals surface area contributed by atoms with Crippen molar-refractivity contribution >= 4 is 35.0 Å². The number of nitrogens with one attached hydrogen (secondary N) is 1. The van der Waals surface area contributed by atoms with E-state index < -0.39 is 6.10 Å². The lowest BCUT2D eigenvalue weighted by Gasteiger charge is -2.40. The van der Waals surface area contributed by atoms with Gasteiger partial charge < -0.3 is 20.2 Å². The van der Waals surface area contributed by atoms with Gasteiger partial charge in [0, 0.05) is 31.7 Å². The third-order valence-corrected chi connectivity index (χ3v) is 5.85. The van der Waals surface area contributed by atoms with Crippen LogP contribution in [0, 0.1) is 0 Å². The van der Waals surface area contributed by atoms with Crippen LogP contribution in [-0.4, -0.2) is 81.8 Å². The van der Waals surface area contributed by atoms with E-state index >= 15 is 0 Å². The Morgan fingerprint density at radius 3 is 2.58 bits per heavy atom. The largest absolute Gasteiger partial charge is 0.391 e. The van der Waals surface area contributed by atoms with Crippen LogP contribution in [0.3, 0.4) is 0 Å². The van der Waals surface area contributed by atoms with E-state index in [0.717, 1.165) is 0 Å². The summed E-state index contributed by atoms with van der Waals surface area (Å²) in [5.74, 6) is -0.152. The minimum atomic E-state index is -0.601. The molecule has 1 saturated carbocycles. The van der Waals surface area contributed by atoms with Gasteiger partial charge in [-0.2, -0.15) is 0 Å². The van der Waals surface area contributed by atoms with E-state index in [9.17, 15) is 14.7 Å². The molecule has 1 saturated heterocycles. The zero-order valence-corrected chi connectivity index (χ0v) is 15.3. The Balaban J connectivity index is 1.81. The van der Waals surface area contributed by atoms with E-state index in [-0.39, 0.29) is 41.2 Å². The SMILES string of the molecule is C=CC(=O)N1CCN(C(=O)CNC2CC(Cl)C(Cl)CC2O)C[C@H]1C. The van der Waals surface area contributed by atoms with E-state index in [1.54, 1.807) is 9.80 Å². The van der Waals surface area contributed by atoms with Crippen molar-refractivity contribution in [2.24, 2.45) is 0 Å². The molecule has 2 N–H and O–H groups in total. The number of hydrogen-bond donors (Lipinski definition) is 2. The van der Waals surface area contributed by atoms with E-state index in [1.165, 1.54) is 6.08 Å². The van der Waals surface area contributed by atoms with Crippen molar-refractivity contribution in [2.45, 2.75) is 48.7 Å². The highest BCUT2D eigenvalue weighted by atomic mass is 35.5. The van der Waals surface area contributed by atoms with Gasteiger partial charge in [-0.3, -0.25) is 9.59 Å². The van der Waals surface area contributed by atoms with E-state index in [0.29, 0.717) is 32.5 Å². The molecule has 4 unspecified atom stereocenters. The molecular weight excluding hydrogens is 353 g/mol. The molecule has 0 radical (unpaired) electrons. The van der Waals surface area contributed by atoms with Gasteiger partial charge in [0.15, 0.2) is 0 Å². The van der Waals surface area contributed by atoms with Crippen molar-refractivity contribution in [3.05, 3.63) is 12.7 Å². The number of aliphatic hydroxyl groups is 1. The number of rotatable bonds is 4. The number of amides is 2. The monoisotopic (exact) mass is 377 g/mol. The predicted molar refractivity (Wildman–Crippen MR) is 94.3 cm³/mol. The Morgan fingerprint density at radius 1 is 1.29 bits per heavy atom. The van der Waals surface area contributed by atoms with Gasteiger partial charge >= 0.3 is 0 Å². The van der Waals surface area contributed by atoms with Gasteiger partial charge in [0.05, 0.1) is 23.4 Å². The molecule has 8 heteroatoms. The van der Waals surface area contributed by atoms with E-state index in [2.05, 4.69) is 11.9 Å². The second-order valence-corrected chi connectivity index (χ2v) is 7.60. The molecule has 0 bridgehead atoms. The molecule has 2 aliphatic rings. The van der Waals surface area contributed by atoms with Gasteiger partial charge in [-0.15, -0.1) is 23.2 Å². The van der Waals surface area contributed by atoms with Crippen LogP contribution in [0.1, 0.15) is 19.8 Å². The first-order valence-corrected chi connectivity index (χ1v) is 9.11. The maximum absolute atomic E-state index is 12.4. The van der Waals surface area contributed by atoms with Crippen LogP contribution in [0.4, 0.5) is 0 Å². The Labute approximate surface area is 152 Å². The summed E-state index contributed by atoms with van der Waals surface area (Å²) in [5.41, 5.74) is 0. The summed E-state index contributed by atoms with van der Waals surface area (Å²) in [6.07, 6.45) is 1.65. The summed E-state index contributed by atoms with van der Waals surface area (Å²) in [7, 11) is 0. The average Bonchev–Trinajstić information content (AvgIpc) is 2.55. The standard InChI is InChI=1S/C16H25Cl2N3O3/c1-3-15(23)21-5-4-20(9-10(21)2)16(24)8-19-13-6-11(17)12(18)7-14(13)22/h3,10-14,19,22H,1,4-9H2,2H3/t10-,11?,12?,13?,14?/m1/s1. The zero-order chi connectivity index (χ0) is 17.9. The normalized spacial score (nSPS) is 34.1. The molecule has 2 rings (SSSR count). The third kappa shape index (κ3) is 4.63. The number of halogens is 2. The van der Waals surface area contributed by atoms with Gasteiger partial charge in [-0.05, 0) is 25.8 Å². The smallest absolute Gasteiger partial charge is 0.246 e. The van der Waals surface area contributed by atoms with Gasteiger partial charge in [0.1, 0.15) is 0 Å². The minimum Gasteiger partial charge on any atom is -0.391 e. The summed E-state index contributed by atoms with van der Waals surface area (Å²) >= 11 is 12.2. The van der Waals surface area contributed by atoms with Crippen molar-refractivity contribution in [1.82, 2.24) is 15.1 Å². The fourth-order valence-electron chi connectivity index (χ4n) is 3.27. The molecule has 6 nitrogen and oxygen atoms in total. The molecule has 0 aromatic heterocycles. The molecule has 0 aromatic carbocycles. The second kappa shape index (κ2) is 8.52. The topological polar surface area (TPSA) is 72.9 Å². The molecule has 0 spiro atoms. The number of carbonyl (C=O) groups is 2. The molecule has 1 heterocycles. The first-order valence-electron chi connectivity index (χ1n) is 8.23. The summed E-state index contributed by atoms with van der Waals surface area (Å²) in [5, 5.41) is 12.7. The van der Waals surface area contributed by atoms with Gasteiger partial charge in [-0.25, -0.2) is 0 Å². The average molecular weight is 378 g/mol. The van der Waals surface area contributed by atoms with Crippen molar-refractivity contribution in [1.29, 1.82) is 0 Å². The zero-order valence-electron chi connectivity index (χ0n) is 13.8. The Bertz CT molecular complexity index is 491. The van der Waals surface area contributed by atoms with Gasteiger partial charge in [0.2, 0.25) is 11.8 Å². The van der Waals surface area contributed by atoms with Crippen LogP contribution in [0.5, 0.6) is 0 Å². The van der Waals surface area contributed by atoms with E-state index in [1.807, 2.05) is 6.92 Å². The lowest BCUT2D eigenvalue weighted by molar-refractivity contribution is -0.139. The highest BCUT2D eigenvalue weighted by Gasteiger charge is 2.35. The van der Waals surface area contributed by atoms with Crippen LogP contribution >= 0.6 is 23.2 Å². The maximum Gasteiger partial charge on any atom is 0.246 e. The fraction of sp³-hybridized carbons (Fsp3) is 0.750. The number of piperazine rings is 1. The first kappa shape index (κ1) is 19.5.